The van der Waals surface area contributed by atoms with Crippen molar-refractivity contribution in [1.29, 1.82) is 0 Å². The number of nitro benzene ring substituents is 1. The van der Waals surface area contributed by atoms with E-state index in [1.54, 1.807) is 18.2 Å². The van der Waals surface area contributed by atoms with Gasteiger partial charge in [-0.25, -0.2) is 4.68 Å². The lowest BCUT2D eigenvalue weighted by molar-refractivity contribution is -0.384. The zero-order valence-electron chi connectivity index (χ0n) is 15.0. The van der Waals surface area contributed by atoms with Gasteiger partial charge in [-0.05, 0) is 30.3 Å². The number of para-hydroxylation sites is 1. The first kappa shape index (κ1) is 20.4. The first-order valence-electron chi connectivity index (χ1n) is 8.13. The summed E-state index contributed by atoms with van der Waals surface area (Å²) in [5.41, 5.74) is -0.229. The quantitative estimate of drug-likeness (QED) is 0.434. The number of ether oxygens (including phenoxy) is 2. The number of aromatic nitrogens is 2. The Balaban J connectivity index is 1.71. The Kier molecular flexibility index (Phi) is 6.20. The summed E-state index contributed by atoms with van der Waals surface area (Å²) >= 11 is 12.1. The molecule has 0 aliphatic heterocycles. The zero-order chi connectivity index (χ0) is 21.0. The predicted molar refractivity (Wildman–Crippen MR) is 107 cm³/mol. The van der Waals surface area contributed by atoms with E-state index < -0.39 is 10.8 Å². The van der Waals surface area contributed by atoms with Gasteiger partial charge in [0.1, 0.15) is 11.4 Å². The number of halogens is 2. The fraction of sp³-hybridized carbons (Fsp3) is 0.111. The molecule has 1 amide bonds. The van der Waals surface area contributed by atoms with E-state index in [1.807, 2.05) is 0 Å². The van der Waals surface area contributed by atoms with Gasteiger partial charge >= 0.3 is 0 Å². The fourth-order valence-electron chi connectivity index (χ4n) is 2.39. The Morgan fingerprint density at radius 1 is 1.24 bits per heavy atom. The Labute approximate surface area is 174 Å². The molecule has 11 heteroatoms. The van der Waals surface area contributed by atoms with Crippen LogP contribution in [0.2, 0.25) is 10.0 Å². The highest BCUT2D eigenvalue weighted by atomic mass is 35.5. The molecule has 0 saturated carbocycles. The number of hydrogen-bond acceptors (Lipinski definition) is 6. The molecule has 150 valence electrons. The van der Waals surface area contributed by atoms with Crippen molar-refractivity contribution >= 4 is 40.5 Å². The first-order valence-corrected chi connectivity index (χ1v) is 8.88. The van der Waals surface area contributed by atoms with Crippen molar-refractivity contribution in [3.63, 3.8) is 0 Å². The van der Waals surface area contributed by atoms with Gasteiger partial charge in [0.15, 0.2) is 18.2 Å². The molecule has 0 atom stereocenters. The molecular formula is C18H14Cl2N4O5. The Morgan fingerprint density at radius 3 is 2.62 bits per heavy atom. The smallest absolute Gasteiger partial charge is 0.296 e. The summed E-state index contributed by atoms with van der Waals surface area (Å²) in [5, 5.41) is 18.5. The van der Waals surface area contributed by atoms with Crippen LogP contribution in [0.1, 0.15) is 10.5 Å². The summed E-state index contributed by atoms with van der Waals surface area (Å²) in [4.78, 5) is 23.0. The zero-order valence-corrected chi connectivity index (χ0v) is 16.5. The molecule has 3 aromatic rings. The lowest BCUT2D eigenvalue weighted by atomic mass is 10.2. The number of carbonyl (C=O) groups excluding carboxylic acids is 1. The van der Waals surface area contributed by atoms with Gasteiger partial charge in [0.2, 0.25) is 0 Å². The molecule has 9 nitrogen and oxygen atoms in total. The number of anilines is 1. The second-order valence-electron chi connectivity index (χ2n) is 5.66. The van der Waals surface area contributed by atoms with E-state index in [1.165, 1.54) is 42.3 Å². The van der Waals surface area contributed by atoms with E-state index in [-0.39, 0.29) is 23.8 Å². The van der Waals surface area contributed by atoms with Crippen LogP contribution in [0.25, 0.3) is 0 Å². The molecule has 1 aromatic heterocycles. The largest absolute Gasteiger partial charge is 0.496 e. The molecular weight excluding hydrogens is 423 g/mol. The SMILES string of the molecule is COc1ccc(NC(=O)c2ccn(COc3c(Cl)cccc3Cl)n2)c([N+](=O)[O-])c1. The molecule has 0 aliphatic carbocycles. The molecule has 0 fully saturated rings. The van der Waals surface area contributed by atoms with Gasteiger partial charge in [0.05, 0.1) is 28.1 Å². The van der Waals surface area contributed by atoms with Crippen molar-refractivity contribution in [3.8, 4) is 11.5 Å². The minimum atomic E-state index is -0.618. The first-order chi connectivity index (χ1) is 13.9. The van der Waals surface area contributed by atoms with Crippen molar-refractivity contribution in [3.05, 3.63) is 74.5 Å². The predicted octanol–water partition coefficient (Wildman–Crippen LogP) is 4.40. The van der Waals surface area contributed by atoms with Gasteiger partial charge < -0.3 is 14.8 Å². The van der Waals surface area contributed by atoms with Gasteiger partial charge in [-0.1, -0.05) is 29.3 Å². The average molecular weight is 437 g/mol. The van der Waals surface area contributed by atoms with E-state index in [2.05, 4.69) is 10.4 Å². The van der Waals surface area contributed by atoms with Gasteiger partial charge in [-0.2, -0.15) is 5.10 Å². The van der Waals surface area contributed by atoms with Gasteiger partial charge in [-0.15, -0.1) is 0 Å². The van der Waals surface area contributed by atoms with Crippen molar-refractivity contribution in [2.45, 2.75) is 6.73 Å². The number of carbonyl (C=O) groups is 1. The third kappa shape index (κ3) is 4.76. The molecule has 1 N–H and O–H groups in total. The van der Waals surface area contributed by atoms with Crippen LogP contribution in [-0.2, 0) is 6.73 Å². The maximum atomic E-state index is 12.4. The molecule has 0 bridgehead atoms. The van der Waals surface area contributed by atoms with Crippen LogP contribution >= 0.6 is 23.2 Å². The normalized spacial score (nSPS) is 10.4. The minimum absolute atomic E-state index is 0.0226. The summed E-state index contributed by atoms with van der Waals surface area (Å²) in [5.74, 6) is -0.0201. The number of nitrogens with one attached hydrogen (secondary N) is 1. The second-order valence-corrected chi connectivity index (χ2v) is 6.47. The summed E-state index contributed by atoms with van der Waals surface area (Å²) in [6.45, 7) is -0.0422. The third-order valence-electron chi connectivity index (χ3n) is 3.78. The van der Waals surface area contributed by atoms with Crippen LogP contribution in [0, 0.1) is 10.1 Å². The van der Waals surface area contributed by atoms with E-state index >= 15 is 0 Å². The van der Waals surface area contributed by atoms with Crippen LogP contribution in [0.15, 0.2) is 48.7 Å². The number of amides is 1. The molecule has 0 unspecified atom stereocenters. The lowest BCUT2D eigenvalue weighted by Crippen LogP contribution is -2.15. The van der Waals surface area contributed by atoms with Crippen LogP contribution in [0.5, 0.6) is 11.5 Å². The van der Waals surface area contributed by atoms with E-state index in [0.29, 0.717) is 21.5 Å². The van der Waals surface area contributed by atoms with E-state index in [0.717, 1.165) is 0 Å². The Morgan fingerprint density at radius 2 is 1.97 bits per heavy atom. The van der Waals surface area contributed by atoms with Crippen LogP contribution in [0.4, 0.5) is 11.4 Å². The molecule has 0 spiro atoms. The fourth-order valence-corrected chi connectivity index (χ4v) is 2.89. The number of nitrogens with zero attached hydrogens (tertiary/aromatic N) is 3. The highest BCUT2D eigenvalue weighted by Gasteiger charge is 2.19. The number of methoxy groups -OCH3 is 1. The Hall–Kier alpha value is -3.30. The summed E-state index contributed by atoms with van der Waals surface area (Å²) in [6, 6.07) is 10.5. The molecule has 0 saturated heterocycles. The molecule has 29 heavy (non-hydrogen) atoms. The minimum Gasteiger partial charge on any atom is -0.496 e. The number of rotatable bonds is 7. The highest BCUT2D eigenvalue weighted by Crippen LogP contribution is 2.32. The monoisotopic (exact) mass is 436 g/mol. The summed E-state index contributed by atoms with van der Waals surface area (Å²) in [6.07, 6.45) is 1.52. The third-order valence-corrected chi connectivity index (χ3v) is 4.38. The number of nitro groups is 1. The molecule has 3 rings (SSSR count). The van der Waals surface area contributed by atoms with E-state index in [4.69, 9.17) is 32.7 Å². The summed E-state index contributed by atoms with van der Waals surface area (Å²) in [7, 11) is 1.39. The Bertz CT molecular complexity index is 1050. The average Bonchev–Trinajstić information content (AvgIpc) is 3.17. The molecule has 2 aromatic carbocycles. The van der Waals surface area contributed by atoms with Crippen molar-refractivity contribution < 1.29 is 19.2 Å². The van der Waals surface area contributed by atoms with Crippen molar-refractivity contribution in [1.82, 2.24) is 9.78 Å². The maximum absolute atomic E-state index is 12.4. The molecule has 0 aliphatic rings. The maximum Gasteiger partial charge on any atom is 0.296 e. The van der Waals surface area contributed by atoms with Gasteiger partial charge in [0, 0.05) is 6.20 Å². The number of benzene rings is 2. The molecule has 0 radical (unpaired) electrons. The summed E-state index contributed by atoms with van der Waals surface area (Å²) < 4.78 is 11.9. The van der Waals surface area contributed by atoms with Crippen molar-refractivity contribution in [2.75, 3.05) is 12.4 Å². The lowest BCUT2D eigenvalue weighted by Gasteiger charge is -2.09. The highest BCUT2D eigenvalue weighted by molar-refractivity contribution is 6.37. The van der Waals surface area contributed by atoms with Crippen LogP contribution in [-0.4, -0.2) is 27.7 Å². The topological polar surface area (TPSA) is 109 Å². The van der Waals surface area contributed by atoms with E-state index in [9.17, 15) is 14.9 Å². The van der Waals surface area contributed by atoms with Gasteiger partial charge in [-0.3, -0.25) is 14.9 Å². The van der Waals surface area contributed by atoms with Crippen LogP contribution in [0.3, 0.4) is 0 Å². The van der Waals surface area contributed by atoms with Crippen molar-refractivity contribution in [2.24, 2.45) is 0 Å². The standard InChI is InChI=1S/C18H14Cl2N4O5/c1-28-11-5-6-14(16(9-11)24(26)27)21-18(25)15-7-8-23(22-15)10-29-17-12(19)3-2-4-13(17)20/h2-9H,10H2,1H3,(H,21,25). The van der Waals surface area contributed by atoms with Crippen LogP contribution < -0.4 is 14.8 Å². The van der Waals surface area contributed by atoms with Gasteiger partial charge in [0.25, 0.3) is 11.6 Å². The second kappa shape index (κ2) is 8.80. The molecule has 1 heterocycles. The number of hydrogen-bond donors (Lipinski definition) is 1.